The van der Waals surface area contributed by atoms with E-state index in [0.717, 1.165) is 32.5 Å². The van der Waals surface area contributed by atoms with E-state index in [2.05, 4.69) is 10.2 Å². The van der Waals surface area contributed by atoms with Crippen molar-refractivity contribution in [3.8, 4) is 0 Å². The van der Waals surface area contributed by atoms with Crippen LogP contribution < -0.4 is 16.8 Å². The summed E-state index contributed by atoms with van der Waals surface area (Å²) in [5.41, 5.74) is 10.5. The standard InChI is InChI=1S/C8H18N4O/c9-3-6-12-4-1-7(2-5-12)11-8(10)13/h7H,1-6,9H2,(H3,10,11,13). The van der Waals surface area contributed by atoms with E-state index in [1.54, 1.807) is 0 Å². The summed E-state index contributed by atoms with van der Waals surface area (Å²) in [5.74, 6) is 0. The molecule has 5 nitrogen and oxygen atoms in total. The van der Waals surface area contributed by atoms with Crippen molar-refractivity contribution in [1.82, 2.24) is 10.2 Å². The van der Waals surface area contributed by atoms with E-state index in [4.69, 9.17) is 11.5 Å². The van der Waals surface area contributed by atoms with Gasteiger partial charge in [-0.25, -0.2) is 4.79 Å². The van der Waals surface area contributed by atoms with Crippen LogP contribution in [0, 0.1) is 0 Å². The van der Waals surface area contributed by atoms with Gasteiger partial charge < -0.3 is 21.7 Å². The minimum absolute atomic E-state index is 0.256. The topological polar surface area (TPSA) is 84.4 Å². The molecule has 0 radical (unpaired) electrons. The Hall–Kier alpha value is -0.810. The van der Waals surface area contributed by atoms with Gasteiger partial charge in [0.15, 0.2) is 0 Å². The number of piperidine rings is 1. The average molecular weight is 186 g/mol. The molecule has 1 rings (SSSR count). The van der Waals surface area contributed by atoms with Crippen LogP contribution in [0.5, 0.6) is 0 Å². The second-order valence-electron chi connectivity index (χ2n) is 3.41. The molecular weight excluding hydrogens is 168 g/mol. The Morgan fingerprint density at radius 2 is 2.08 bits per heavy atom. The van der Waals surface area contributed by atoms with Crippen LogP contribution in [0.25, 0.3) is 0 Å². The molecule has 1 saturated heterocycles. The van der Waals surface area contributed by atoms with Gasteiger partial charge in [-0.2, -0.15) is 0 Å². The van der Waals surface area contributed by atoms with Crippen LogP contribution in [0.4, 0.5) is 4.79 Å². The fourth-order valence-electron chi connectivity index (χ4n) is 1.68. The van der Waals surface area contributed by atoms with Crippen molar-refractivity contribution in [3.05, 3.63) is 0 Å². The minimum atomic E-state index is -0.419. The zero-order valence-corrected chi connectivity index (χ0v) is 7.83. The summed E-state index contributed by atoms with van der Waals surface area (Å²) >= 11 is 0. The summed E-state index contributed by atoms with van der Waals surface area (Å²) in [6.07, 6.45) is 1.95. The SMILES string of the molecule is NCCN1CCC(NC(N)=O)CC1. The van der Waals surface area contributed by atoms with E-state index in [9.17, 15) is 4.79 Å². The molecule has 0 unspecified atom stereocenters. The lowest BCUT2D eigenvalue weighted by atomic mass is 10.1. The zero-order chi connectivity index (χ0) is 9.68. The van der Waals surface area contributed by atoms with Crippen molar-refractivity contribution in [3.63, 3.8) is 0 Å². The third kappa shape index (κ3) is 3.61. The molecule has 1 aliphatic heterocycles. The first-order chi connectivity index (χ1) is 6.22. The largest absolute Gasteiger partial charge is 0.352 e. The monoisotopic (exact) mass is 186 g/mol. The summed E-state index contributed by atoms with van der Waals surface area (Å²) in [4.78, 5) is 12.9. The van der Waals surface area contributed by atoms with Crippen LogP contribution in [0.15, 0.2) is 0 Å². The van der Waals surface area contributed by atoms with E-state index in [1.807, 2.05) is 0 Å². The molecule has 5 N–H and O–H groups in total. The van der Waals surface area contributed by atoms with Crippen molar-refractivity contribution < 1.29 is 4.79 Å². The second-order valence-corrected chi connectivity index (χ2v) is 3.41. The Morgan fingerprint density at radius 3 is 2.54 bits per heavy atom. The fourth-order valence-corrected chi connectivity index (χ4v) is 1.68. The normalized spacial score (nSPS) is 20.1. The smallest absolute Gasteiger partial charge is 0.312 e. The van der Waals surface area contributed by atoms with E-state index in [0.29, 0.717) is 6.54 Å². The predicted octanol–water partition coefficient (Wildman–Crippen LogP) is -0.922. The molecule has 0 aromatic carbocycles. The summed E-state index contributed by atoms with van der Waals surface area (Å²) in [7, 11) is 0. The molecule has 0 aromatic rings. The minimum Gasteiger partial charge on any atom is -0.352 e. The van der Waals surface area contributed by atoms with Crippen LogP contribution in [0.2, 0.25) is 0 Å². The van der Waals surface area contributed by atoms with Gasteiger partial charge in [0.25, 0.3) is 0 Å². The summed E-state index contributed by atoms with van der Waals surface area (Å²) in [6, 6.07) is -0.163. The molecule has 0 bridgehead atoms. The van der Waals surface area contributed by atoms with Gasteiger partial charge in [-0.15, -0.1) is 0 Å². The Labute approximate surface area is 78.4 Å². The molecule has 1 aliphatic rings. The summed E-state index contributed by atoms with van der Waals surface area (Å²) < 4.78 is 0. The van der Waals surface area contributed by atoms with Gasteiger partial charge in [-0.1, -0.05) is 0 Å². The van der Waals surface area contributed by atoms with Crippen LogP contribution in [0.3, 0.4) is 0 Å². The number of likely N-dealkylation sites (tertiary alicyclic amines) is 1. The van der Waals surface area contributed by atoms with Crippen molar-refractivity contribution >= 4 is 6.03 Å². The molecule has 5 heteroatoms. The van der Waals surface area contributed by atoms with Crippen LogP contribution >= 0.6 is 0 Å². The van der Waals surface area contributed by atoms with E-state index >= 15 is 0 Å². The number of nitrogens with one attached hydrogen (secondary N) is 1. The van der Waals surface area contributed by atoms with Gasteiger partial charge in [0.2, 0.25) is 0 Å². The van der Waals surface area contributed by atoms with Gasteiger partial charge in [0, 0.05) is 32.2 Å². The second kappa shape index (κ2) is 5.04. The third-order valence-electron chi connectivity index (χ3n) is 2.38. The highest BCUT2D eigenvalue weighted by Crippen LogP contribution is 2.08. The molecule has 76 valence electrons. The average Bonchev–Trinajstić information content (AvgIpc) is 2.08. The first-order valence-corrected chi connectivity index (χ1v) is 4.70. The Morgan fingerprint density at radius 1 is 1.46 bits per heavy atom. The van der Waals surface area contributed by atoms with E-state index in [1.165, 1.54) is 0 Å². The van der Waals surface area contributed by atoms with Gasteiger partial charge in [0.1, 0.15) is 0 Å². The van der Waals surface area contributed by atoms with Crippen molar-refractivity contribution in [1.29, 1.82) is 0 Å². The number of urea groups is 1. The van der Waals surface area contributed by atoms with Gasteiger partial charge in [-0.05, 0) is 12.8 Å². The maximum Gasteiger partial charge on any atom is 0.312 e. The van der Waals surface area contributed by atoms with Crippen molar-refractivity contribution in [2.75, 3.05) is 26.2 Å². The predicted molar refractivity (Wildman–Crippen MR) is 51.2 cm³/mol. The van der Waals surface area contributed by atoms with Crippen LogP contribution in [0.1, 0.15) is 12.8 Å². The number of hydrogen-bond acceptors (Lipinski definition) is 3. The molecule has 0 spiro atoms. The molecule has 13 heavy (non-hydrogen) atoms. The number of hydrogen-bond donors (Lipinski definition) is 3. The van der Waals surface area contributed by atoms with Crippen molar-refractivity contribution in [2.24, 2.45) is 11.5 Å². The maximum absolute atomic E-state index is 10.6. The van der Waals surface area contributed by atoms with Crippen LogP contribution in [-0.4, -0.2) is 43.2 Å². The lowest BCUT2D eigenvalue weighted by Crippen LogP contribution is -2.47. The van der Waals surface area contributed by atoms with E-state index < -0.39 is 6.03 Å². The van der Waals surface area contributed by atoms with Gasteiger partial charge in [-0.3, -0.25) is 0 Å². The van der Waals surface area contributed by atoms with E-state index in [-0.39, 0.29) is 6.04 Å². The first-order valence-electron chi connectivity index (χ1n) is 4.70. The highest BCUT2D eigenvalue weighted by atomic mass is 16.2. The molecule has 1 heterocycles. The number of nitrogens with zero attached hydrogens (tertiary/aromatic N) is 1. The summed E-state index contributed by atoms with van der Waals surface area (Å²) in [5, 5.41) is 2.73. The van der Waals surface area contributed by atoms with Gasteiger partial charge >= 0.3 is 6.03 Å². The molecule has 0 aromatic heterocycles. The summed E-state index contributed by atoms with van der Waals surface area (Å²) in [6.45, 7) is 3.65. The number of carbonyl (C=O) groups is 1. The number of nitrogens with two attached hydrogens (primary N) is 2. The maximum atomic E-state index is 10.6. The third-order valence-corrected chi connectivity index (χ3v) is 2.38. The number of rotatable bonds is 3. The Kier molecular flexibility index (Phi) is 3.98. The fraction of sp³-hybridized carbons (Fsp3) is 0.875. The molecule has 2 amide bonds. The van der Waals surface area contributed by atoms with Crippen molar-refractivity contribution in [2.45, 2.75) is 18.9 Å². The van der Waals surface area contributed by atoms with Crippen LogP contribution in [-0.2, 0) is 0 Å². The first kappa shape index (κ1) is 10.3. The highest BCUT2D eigenvalue weighted by molar-refractivity contribution is 5.71. The molecule has 0 saturated carbocycles. The quantitative estimate of drug-likeness (QED) is 0.533. The highest BCUT2D eigenvalue weighted by Gasteiger charge is 2.18. The van der Waals surface area contributed by atoms with Gasteiger partial charge in [0.05, 0.1) is 0 Å². The Bertz CT molecular complexity index is 166. The number of carbonyl (C=O) groups excluding carboxylic acids is 1. The Balaban J connectivity index is 2.18. The lowest BCUT2D eigenvalue weighted by Gasteiger charge is -2.31. The molecular formula is C8H18N4O. The molecule has 0 atom stereocenters. The zero-order valence-electron chi connectivity index (χ0n) is 7.83. The molecule has 1 fully saturated rings. The lowest BCUT2D eigenvalue weighted by molar-refractivity contribution is 0.198. The number of primary amides is 1. The molecule has 0 aliphatic carbocycles. The number of amides is 2.